The molecule has 0 aliphatic carbocycles. The Morgan fingerprint density at radius 2 is 2.17 bits per heavy atom. The molecule has 2 aliphatic rings. The van der Waals surface area contributed by atoms with Gasteiger partial charge in [0, 0.05) is 19.6 Å². The Morgan fingerprint density at radius 3 is 2.96 bits per heavy atom. The fraction of sp³-hybridized carbons (Fsp3) is 0.667. The highest BCUT2D eigenvalue weighted by molar-refractivity contribution is 8.00. The average molecular weight is 337 g/mol. The van der Waals surface area contributed by atoms with Crippen molar-refractivity contribution in [3.8, 4) is 5.75 Å². The first-order valence-electron chi connectivity index (χ1n) is 8.51. The third-order valence-electron chi connectivity index (χ3n) is 4.90. The molecule has 1 aromatic rings. The Bertz CT molecular complexity index is 507. The number of benzene rings is 1. The van der Waals surface area contributed by atoms with Crippen LogP contribution < -0.4 is 4.74 Å². The summed E-state index contributed by atoms with van der Waals surface area (Å²) in [6, 6.07) is 7.96. The summed E-state index contributed by atoms with van der Waals surface area (Å²) in [7, 11) is 1.68. The summed E-state index contributed by atoms with van der Waals surface area (Å²) in [4.78, 5) is 2.43. The zero-order chi connectivity index (χ0) is 16.1. The maximum absolute atomic E-state index is 11.6. The number of nitrogens with zero attached hydrogens (tertiary/aromatic N) is 1. The molecule has 2 atom stereocenters. The number of rotatable bonds is 4. The number of aliphatic hydroxyl groups is 1. The van der Waals surface area contributed by atoms with Crippen LogP contribution in [0.5, 0.6) is 5.75 Å². The Balaban J connectivity index is 1.83. The van der Waals surface area contributed by atoms with Crippen molar-refractivity contribution >= 4 is 11.8 Å². The van der Waals surface area contributed by atoms with Gasteiger partial charge in [0.15, 0.2) is 0 Å². The fourth-order valence-corrected chi connectivity index (χ4v) is 4.97. The van der Waals surface area contributed by atoms with Crippen molar-refractivity contribution in [1.82, 2.24) is 4.90 Å². The second-order valence-electron chi connectivity index (χ2n) is 6.39. The molecular formula is C18H27NO3S. The van der Waals surface area contributed by atoms with Crippen LogP contribution in [0.15, 0.2) is 24.3 Å². The molecule has 5 heteroatoms. The Kier molecular flexibility index (Phi) is 5.85. The van der Waals surface area contributed by atoms with Gasteiger partial charge in [-0.2, -0.15) is 11.8 Å². The second-order valence-corrected chi connectivity index (χ2v) is 7.70. The third kappa shape index (κ3) is 4.02. The lowest BCUT2D eigenvalue weighted by Gasteiger charge is -2.39. The van der Waals surface area contributed by atoms with Crippen LogP contribution in [0.4, 0.5) is 0 Å². The molecule has 2 heterocycles. The predicted octanol–water partition coefficient (Wildman–Crippen LogP) is 2.50. The number of ether oxygens (including phenoxy) is 2. The summed E-state index contributed by atoms with van der Waals surface area (Å²) in [6.07, 6.45) is 3.07. The molecule has 1 aromatic carbocycles. The predicted molar refractivity (Wildman–Crippen MR) is 94.2 cm³/mol. The molecule has 0 amide bonds. The molecule has 0 saturated carbocycles. The normalized spacial score (nSPS) is 29.9. The molecule has 4 nitrogen and oxygen atoms in total. The average Bonchev–Trinajstić information content (AvgIpc) is 2.79. The molecule has 2 unspecified atom stereocenters. The van der Waals surface area contributed by atoms with Crippen LogP contribution in [0.25, 0.3) is 0 Å². The maximum Gasteiger partial charge on any atom is 0.119 e. The minimum atomic E-state index is -0.784. The van der Waals surface area contributed by atoms with Gasteiger partial charge in [0.25, 0.3) is 0 Å². The lowest BCUT2D eigenvalue weighted by Crippen LogP contribution is -2.47. The van der Waals surface area contributed by atoms with Crippen molar-refractivity contribution in [3.05, 3.63) is 29.8 Å². The molecule has 0 spiro atoms. The highest BCUT2D eigenvalue weighted by Crippen LogP contribution is 2.41. The highest BCUT2D eigenvalue weighted by Gasteiger charge is 2.41. The number of methoxy groups -OCH3 is 1. The van der Waals surface area contributed by atoms with Gasteiger partial charge in [-0.25, -0.2) is 0 Å². The Labute approximate surface area is 143 Å². The van der Waals surface area contributed by atoms with Gasteiger partial charge in [-0.1, -0.05) is 12.1 Å². The number of morpholine rings is 1. The molecule has 1 N–H and O–H groups in total. The van der Waals surface area contributed by atoms with Gasteiger partial charge in [0.2, 0.25) is 0 Å². The van der Waals surface area contributed by atoms with E-state index >= 15 is 0 Å². The first-order valence-corrected chi connectivity index (χ1v) is 9.56. The van der Waals surface area contributed by atoms with E-state index in [9.17, 15) is 5.11 Å². The molecule has 3 rings (SSSR count). The first kappa shape index (κ1) is 17.1. The van der Waals surface area contributed by atoms with Gasteiger partial charge < -0.3 is 14.6 Å². The summed E-state index contributed by atoms with van der Waals surface area (Å²) in [5.74, 6) is 1.94. The summed E-state index contributed by atoms with van der Waals surface area (Å²) in [5.41, 5.74) is 0.207. The van der Waals surface area contributed by atoms with Crippen LogP contribution >= 0.6 is 11.8 Å². The van der Waals surface area contributed by atoms with E-state index in [1.54, 1.807) is 7.11 Å². The van der Waals surface area contributed by atoms with E-state index in [1.165, 1.54) is 6.42 Å². The van der Waals surface area contributed by atoms with Crippen LogP contribution in [0.1, 0.15) is 24.8 Å². The van der Waals surface area contributed by atoms with E-state index in [1.807, 2.05) is 36.0 Å². The summed E-state index contributed by atoms with van der Waals surface area (Å²) in [6.45, 7) is 4.45. The van der Waals surface area contributed by atoms with Crippen LogP contribution in [0.3, 0.4) is 0 Å². The summed E-state index contributed by atoms with van der Waals surface area (Å²) < 4.78 is 10.8. The Morgan fingerprint density at radius 1 is 1.35 bits per heavy atom. The van der Waals surface area contributed by atoms with Gasteiger partial charge >= 0.3 is 0 Å². The van der Waals surface area contributed by atoms with Crippen molar-refractivity contribution in [2.75, 3.05) is 45.7 Å². The van der Waals surface area contributed by atoms with Crippen LogP contribution in [-0.2, 0) is 10.3 Å². The maximum atomic E-state index is 11.6. The van der Waals surface area contributed by atoms with Crippen molar-refractivity contribution in [3.63, 3.8) is 0 Å². The number of hydrogen-bond donors (Lipinski definition) is 1. The molecule has 0 aromatic heterocycles. The molecule has 2 aliphatic heterocycles. The van der Waals surface area contributed by atoms with E-state index in [2.05, 4.69) is 4.90 Å². The van der Waals surface area contributed by atoms with Crippen molar-refractivity contribution in [2.45, 2.75) is 30.1 Å². The minimum Gasteiger partial charge on any atom is -0.497 e. The number of hydrogen-bond acceptors (Lipinski definition) is 5. The van der Waals surface area contributed by atoms with Gasteiger partial charge in [-0.15, -0.1) is 0 Å². The van der Waals surface area contributed by atoms with Gasteiger partial charge in [-0.3, -0.25) is 4.90 Å². The molecule has 2 fully saturated rings. The zero-order valence-corrected chi connectivity index (χ0v) is 14.7. The van der Waals surface area contributed by atoms with Crippen molar-refractivity contribution in [1.29, 1.82) is 0 Å². The van der Waals surface area contributed by atoms with E-state index in [0.29, 0.717) is 0 Å². The van der Waals surface area contributed by atoms with Crippen molar-refractivity contribution in [2.24, 2.45) is 0 Å². The largest absolute Gasteiger partial charge is 0.497 e. The van der Waals surface area contributed by atoms with Crippen LogP contribution in [-0.4, -0.2) is 61.0 Å². The molecule has 128 valence electrons. The number of thioether (sulfide) groups is 1. The van der Waals surface area contributed by atoms with Gasteiger partial charge in [0.1, 0.15) is 11.4 Å². The lowest BCUT2D eigenvalue weighted by atomic mass is 9.85. The van der Waals surface area contributed by atoms with Crippen LogP contribution in [0, 0.1) is 0 Å². The van der Waals surface area contributed by atoms with Gasteiger partial charge in [-0.05, 0) is 42.7 Å². The summed E-state index contributed by atoms with van der Waals surface area (Å²) >= 11 is 1.92. The SMILES string of the molecule is COc1cccc(C2(O)CCCCSC2CN2CCOCC2)c1. The van der Waals surface area contributed by atoms with Gasteiger partial charge in [0.05, 0.1) is 25.6 Å². The third-order valence-corrected chi connectivity index (χ3v) is 6.37. The quantitative estimate of drug-likeness (QED) is 0.914. The zero-order valence-electron chi connectivity index (χ0n) is 13.9. The highest BCUT2D eigenvalue weighted by atomic mass is 32.2. The fourth-order valence-electron chi connectivity index (χ4n) is 3.47. The molecule has 0 radical (unpaired) electrons. The smallest absolute Gasteiger partial charge is 0.119 e. The van der Waals surface area contributed by atoms with E-state index < -0.39 is 5.60 Å². The second kappa shape index (κ2) is 7.88. The molecule has 0 bridgehead atoms. The monoisotopic (exact) mass is 337 g/mol. The molecular weight excluding hydrogens is 310 g/mol. The standard InChI is InChI=1S/C18H27NO3S/c1-21-16-6-4-5-15(13-16)18(20)7-2-3-12-23-17(18)14-19-8-10-22-11-9-19/h4-6,13,17,20H,2-3,7-12,14H2,1H3. The van der Waals surface area contributed by atoms with Crippen LogP contribution in [0.2, 0.25) is 0 Å². The topological polar surface area (TPSA) is 41.9 Å². The van der Waals surface area contributed by atoms with E-state index in [0.717, 1.165) is 62.8 Å². The minimum absolute atomic E-state index is 0.190. The Hall–Kier alpha value is -0.750. The van der Waals surface area contributed by atoms with Crippen molar-refractivity contribution < 1.29 is 14.6 Å². The first-order chi connectivity index (χ1) is 11.2. The summed E-state index contributed by atoms with van der Waals surface area (Å²) in [5, 5.41) is 11.8. The van der Waals surface area contributed by atoms with E-state index in [-0.39, 0.29) is 5.25 Å². The van der Waals surface area contributed by atoms with E-state index in [4.69, 9.17) is 9.47 Å². The lowest BCUT2D eigenvalue weighted by molar-refractivity contribution is -0.00442. The molecule has 23 heavy (non-hydrogen) atoms. The molecule has 2 saturated heterocycles.